The van der Waals surface area contributed by atoms with Crippen LogP contribution in [0.3, 0.4) is 0 Å². The summed E-state index contributed by atoms with van der Waals surface area (Å²) < 4.78 is 10.6. The fraction of sp³-hybridized carbons (Fsp3) is 0.923. The standard InChI is InChI=1S/C13H23NO3/c1-2-17-13(15)12(10-7-8-16-9-10)14-11-5-3-4-6-11/h10-12,14H,2-9H2,1H3. The lowest BCUT2D eigenvalue weighted by atomic mass is 9.98. The van der Waals surface area contributed by atoms with E-state index >= 15 is 0 Å². The Bertz CT molecular complexity index is 245. The van der Waals surface area contributed by atoms with Crippen LogP contribution in [-0.4, -0.2) is 37.9 Å². The summed E-state index contributed by atoms with van der Waals surface area (Å²) in [5.74, 6) is 0.185. The van der Waals surface area contributed by atoms with E-state index in [0.29, 0.717) is 19.3 Å². The molecule has 2 unspecified atom stereocenters. The highest BCUT2D eigenvalue weighted by Gasteiger charge is 2.34. The Morgan fingerprint density at radius 3 is 2.76 bits per heavy atom. The van der Waals surface area contributed by atoms with Gasteiger partial charge in [0.15, 0.2) is 0 Å². The molecular formula is C13H23NO3. The Morgan fingerprint density at radius 1 is 1.41 bits per heavy atom. The van der Waals surface area contributed by atoms with Gasteiger partial charge < -0.3 is 14.8 Å². The Morgan fingerprint density at radius 2 is 2.18 bits per heavy atom. The van der Waals surface area contributed by atoms with Gasteiger partial charge in [0.2, 0.25) is 0 Å². The smallest absolute Gasteiger partial charge is 0.323 e. The average molecular weight is 241 g/mol. The van der Waals surface area contributed by atoms with E-state index in [1.807, 2.05) is 6.92 Å². The van der Waals surface area contributed by atoms with Gasteiger partial charge in [-0.25, -0.2) is 0 Å². The molecule has 0 amide bonds. The van der Waals surface area contributed by atoms with Crippen LogP contribution in [0.2, 0.25) is 0 Å². The van der Waals surface area contributed by atoms with Crippen LogP contribution >= 0.6 is 0 Å². The van der Waals surface area contributed by atoms with E-state index in [1.165, 1.54) is 25.7 Å². The van der Waals surface area contributed by atoms with Gasteiger partial charge in [0.25, 0.3) is 0 Å². The third-order valence-electron chi connectivity index (χ3n) is 3.75. The molecule has 1 aliphatic heterocycles. The molecule has 0 aromatic carbocycles. The molecule has 1 saturated heterocycles. The van der Waals surface area contributed by atoms with Gasteiger partial charge in [-0.15, -0.1) is 0 Å². The van der Waals surface area contributed by atoms with Crippen LogP contribution < -0.4 is 5.32 Å². The molecule has 1 heterocycles. The molecule has 2 aliphatic rings. The number of carbonyl (C=O) groups is 1. The number of ether oxygens (including phenoxy) is 2. The molecule has 0 radical (unpaired) electrons. The number of hydrogen-bond donors (Lipinski definition) is 1. The van der Waals surface area contributed by atoms with E-state index in [2.05, 4.69) is 5.32 Å². The van der Waals surface area contributed by atoms with Crippen molar-refractivity contribution >= 4 is 5.97 Å². The molecule has 0 aromatic heterocycles. The van der Waals surface area contributed by atoms with Crippen LogP contribution in [0.15, 0.2) is 0 Å². The van der Waals surface area contributed by atoms with Crippen molar-refractivity contribution in [2.45, 2.75) is 51.1 Å². The number of esters is 1. The van der Waals surface area contributed by atoms with Gasteiger partial charge in [-0.05, 0) is 26.2 Å². The summed E-state index contributed by atoms with van der Waals surface area (Å²) in [6.45, 7) is 3.76. The molecule has 0 spiro atoms. The van der Waals surface area contributed by atoms with E-state index in [9.17, 15) is 4.79 Å². The summed E-state index contributed by atoms with van der Waals surface area (Å²) >= 11 is 0. The molecule has 1 aliphatic carbocycles. The van der Waals surface area contributed by atoms with Gasteiger partial charge >= 0.3 is 5.97 Å². The van der Waals surface area contributed by atoms with Crippen molar-refractivity contribution in [2.24, 2.45) is 5.92 Å². The average Bonchev–Trinajstić information content (AvgIpc) is 2.99. The molecular weight excluding hydrogens is 218 g/mol. The number of nitrogens with one attached hydrogen (secondary N) is 1. The van der Waals surface area contributed by atoms with Gasteiger partial charge in [0, 0.05) is 18.6 Å². The lowest BCUT2D eigenvalue weighted by Gasteiger charge is -2.25. The molecule has 0 bridgehead atoms. The molecule has 1 saturated carbocycles. The lowest BCUT2D eigenvalue weighted by Crippen LogP contribution is -2.48. The molecule has 0 aromatic rings. The zero-order chi connectivity index (χ0) is 12.1. The summed E-state index contributed by atoms with van der Waals surface area (Å²) in [4.78, 5) is 12.0. The Balaban J connectivity index is 1.92. The van der Waals surface area contributed by atoms with Crippen LogP contribution in [0, 0.1) is 5.92 Å². The molecule has 2 atom stereocenters. The zero-order valence-corrected chi connectivity index (χ0v) is 10.6. The predicted molar refractivity (Wildman–Crippen MR) is 64.7 cm³/mol. The van der Waals surface area contributed by atoms with Crippen LogP contribution in [0.4, 0.5) is 0 Å². The van der Waals surface area contributed by atoms with Gasteiger partial charge in [-0.2, -0.15) is 0 Å². The van der Waals surface area contributed by atoms with Crippen molar-refractivity contribution < 1.29 is 14.3 Å². The van der Waals surface area contributed by atoms with Crippen molar-refractivity contribution in [2.75, 3.05) is 19.8 Å². The van der Waals surface area contributed by atoms with Crippen molar-refractivity contribution in [3.05, 3.63) is 0 Å². The van der Waals surface area contributed by atoms with E-state index < -0.39 is 0 Å². The van der Waals surface area contributed by atoms with E-state index in [1.54, 1.807) is 0 Å². The molecule has 2 rings (SSSR count). The van der Waals surface area contributed by atoms with Crippen molar-refractivity contribution in [1.29, 1.82) is 0 Å². The van der Waals surface area contributed by atoms with Crippen LogP contribution in [0.25, 0.3) is 0 Å². The van der Waals surface area contributed by atoms with Crippen molar-refractivity contribution in [1.82, 2.24) is 5.32 Å². The van der Waals surface area contributed by atoms with E-state index in [0.717, 1.165) is 13.0 Å². The van der Waals surface area contributed by atoms with Crippen LogP contribution in [0.1, 0.15) is 39.0 Å². The topological polar surface area (TPSA) is 47.6 Å². The van der Waals surface area contributed by atoms with E-state index in [4.69, 9.17) is 9.47 Å². The van der Waals surface area contributed by atoms with Gasteiger partial charge in [0.1, 0.15) is 6.04 Å². The van der Waals surface area contributed by atoms with Crippen LogP contribution in [0.5, 0.6) is 0 Å². The molecule has 98 valence electrons. The normalized spacial score (nSPS) is 27.2. The number of carbonyl (C=O) groups excluding carboxylic acids is 1. The van der Waals surface area contributed by atoms with Gasteiger partial charge in [-0.1, -0.05) is 12.8 Å². The lowest BCUT2D eigenvalue weighted by molar-refractivity contribution is -0.147. The van der Waals surface area contributed by atoms with Crippen molar-refractivity contribution in [3.63, 3.8) is 0 Å². The maximum Gasteiger partial charge on any atom is 0.323 e. The first kappa shape index (κ1) is 12.8. The quantitative estimate of drug-likeness (QED) is 0.741. The molecule has 2 fully saturated rings. The first-order valence-electron chi connectivity index (χ1n) is 6.81. The van der Waals surface area contributed by atoms with Crippen LogP contribution in [-0.2, 0) is 14.3 Å². The largest absolute Gasteiger partial charge is 0.465 e. The monoisotopic (exact) mass is 241 g/mol. The maximum absolute atomic E-state index is 12.0. The SMILES string of the molecule is CCOC(=O)C(NC1CCCC1)C1CCOC1. The second-order valence-corrected chi connectivity index (χ2v) is 5.00. The Kier molecular flexibility index (Phi) is 4.80. The Hall–Kier alpha value is -0.610. The zero-order valence-electron chi connectivity index (χ0n) is 10.6. The maximum atomic E-state index is 12.0. The minimum Gasteiger partial charge on any atom is -0.465 e. The second kappa shape index (κ2) is 6.36. The minimum absolute atomic E-state index is 0.102. The molecule has 4 heteroatoms. The summed E-state index contributed by atoms with van der Waals surface area (Å²) in [7, 11) is 0. The summed E-state index contributed by atoms with van der Waals surface area (Å²) in [6, 6.07) is 0.325. The first-order chi connectivity index (χ1) is 8.31. The molecule has 1 N–H and O–H groups in total. The number of hydrogen-bond acceptors (Lipinski definition) is 4. The fourth-order valence-corrected chi connectivity index (χ4v) is 2.79. The number of rotatable bonds is 5. The fourth-order valence-electron chi connectivity index (χ4n) is 2.79. The highest BCUT2D eigenvalue weighted by Crippen LogP contribution is 2.23. The molecule has 4 nitrogen and oxygen atoms in total. The predicted octanol–water partition coefficient (Wildman–Crippen LogP) is 1.49. The Labute approximate surface area is 103 Å². The molecule has 17 heavy (non-hydrogen) atoms. The highest BCUT2D eigenvalue weighted by molar-refractivity contribution is 5.76. The highest BCUT2D eigenvalue weighted by atomic mass is 16.5. The minimum atomic E-state index is -0.166. The first-order valence-corrected chi connectivity index (χ1v) is 6.81. The summed E-state index contributed by atoms with van der Waals surface area (Å²) in [6.07, 6.45) is 5.87. The van der Waals surface area contributed by atoms with E-state index in [-0.39, 0.29) is 17.9 Å². The van der Waals surface area contributed by atoms with Gasteiger partial charge in [-0.3, -0.25) is 4.79 Å². The van der Waals surface area contributed by atoms with Crippen molar-refractivity contribution in [3.8, 4) is 0 Å². The summed E-state index contributed by atoms with van der Waals surface area (Å²) in [5.41, 5.74) is 0. The van der Waals surface area contributed by atoms with Gasteiger partial charge in [0.05, 0.1) is 13.2 Å². The second-order valence-electron chi connectivity index (χ2n) is 5.00. The third-order valence-corrected chi connectivity index (χ3v) is 3.75. The third kappa shape index (κ3) is 3.42. The summed E-state index contributed by atoms with van der Waals surface area (Å²) in [5, 5.41) is 3.49.